The van der Waals surface area contributed by atoms with E-state index >= 15 is 0 Å². The number of hydrogen-bond donors (Lipinski definition) is 0. The number of halogens is 3. The lowest BCUT2D eigenvalue weighted by Gasteiger charge is -2.21. The maximum Gasteiger partial charge on any atom is 0.534 e. The van der Waals surface area contributed by atoms with Gasteiger partial charge in [-0.05, 0) is 44.5 Å². The van der Waals surface area contributed by atoms with E-state index in [2.05, 4.69) is 4.18 Å². The average Bonchev–Trinajstić information content (AvgIpc) is 2.64. The van der Waals surface area contributed by atoms with Crippen LogP contribution in [-0.4, -0.2) is 31.5 Å². The van der Waals surface area contributed by atoms with E-state index < -0.39 is 44.5 Å². The van der Waals surface area contributed by atoms with E-state index in [1.54, 1.807) is 30.3 Å². The fourth-order valence-electron chi connectivity index (χ4n) is 2.19. The Morgan fingerprint density at radius 1 is 0.935 bits per heavy atom. The van der Waals surface area contributed by atoms with E-state index in [0.717, 1.165) is 18.2 Å². The molecule has 0 unspecified atom stereocenters. The molecule has 0 aliphatic carbocycles. The third-order valence-corrected chi connectivity index (χ3v) is 4.50. The summed E-state index contributed by atoms with van der Waals surface area (Å²) in [6, 6.07) is 11.2. The molecule has 11 heteroatoms. The van der Waals surface area contributed by atoms with Gasteiger partial charge in [0, 0.05) is 0 Å². The molecular weight excluding hydrogens is 441 g/mol. The van der Waals surface area contributed by atoms with E-state index in [1.807, 2.05) is 0 Å². The van der Waals surface area contributed by atoms with Gasteiger partial charge in [-0.25, -0.2) is 9.59 Å². The Bertz CT molecular complexity index is 1060. The summed E-state index contributed by atoms with van der Waals surface area (Å²) in [6.07, 6.45) is 0. The molecule has 0 atom stereocenters. The molecule has 0 aliphatic rings. The Hall–Kier alpha value is -3.08. The second-order valence-electron chi connectivity index (χ2n) is 7.26. The summed E-state index contributed by atoms with van der Waals surface area (Å²) in [5.41, 5.74) is -6.99. The first-order valence-electron chi connectivity index (χ1n) is 8.79. The van der Waals surface area contributed by atoms with Gasteiger partial charge in [0.25, 0.3) is 0 Å². The van der Waals surface area contributed by atoms with Gasteiger partial charge in [-0.15, -0.1) is 0 Å². The Morgan fingerprint density at radius 2 is 1.55 bits per heavy atom. The minimum Gasteiger partial charge on any atom is -0.457 e. The quantitative estimate of drug-likeness (QED) is 0.362. The average molecular weight is 460 g/mol. The molecule has 0 N–H and O–H groups in total. The van der Waals surface area contributed by atoms with E-state index in [0.29, 0.717) is 5.56 Å². The standard InChI is InChI=1S/C20H19F3O7S/c1-19(2,3)29-18(25)15-11-14(17(24)28-12-13-7-5-4-6-8-13)9-10-16(15)30-31(26,27)20(21,22)23/h4-11H,12H2,1-3H3. The molecule has 31 heavy (non-hydrogen) atoms. The molecule has 0 heterocycles. The number of alkyl halides is 3. The number of benzene rings is 2. The zero-order valence-corrected chi connectivity index (χ0v) is 17.5. The molecule has 0 radical (unpaired) electrons. The van der Waals surface area contributed by atoms with Crippen molar-refractivity contribution >= 4 is 22.1 Å². The Labute approximate surface area is 176 Å². The molecule has 0 saturated heterocycles. The van der Waals surface area contributed by atoms with E-state index in [4.69, 9.17) is 9.47 Å². The minimum atomic E-state index is -6.05. The van der Waals surface area contributed by atoms with Crippen molar-refractivity contribution in [1.29, 1.82) is 0 Å². The first-order valence-corrected chi connectivity index (χ1v) is 10.2. The zero-order valence-electron chi connectivity index (χ0n) is 16.7. The van der Waals surface area contributed by atoms with Gasteiger partial charge in [0.1, 0.15) is 17.8 Å². The highest BCUT2D eigenvalue weighted by Crippen LogP contribution is 2.31. The van der Waals surface area contributed by atoms with Crippen LogP contribution in [0.4, 0.5) is 13.2 Å². The molecule has 0 saturated carbocycles. The molecule has 0 aromatic heterocycles. The number of esters is 2. The highest BCUT2D eigenvalue weighted by Gasteiger charge is 2.49. The molecule has 0 fully saturated rings. The van der Waals surface area contributed by atoms with Crippen LogP contribution < -0.4 is 4.18 Å². The lowest BCUT2D eigenvalue weighted by atomic mass is 10.1. The smallest absolute Gasteiger partial charge is 0.457 e. The SMILES string of the molecule is CC(C)(C)OC(=O)c1cc(C(=O)OCc2ccccc2)ccc1OS(=O)(=O)C(F)(F)F. The van der Waals surface area contributed by atoms with Crippen molar-refractivity contribution in [1.82, 2.24) is 0 Å². The van der Waals surface area contributed by atoms with Crippen molar-refractivity contribution in [3.63, 3.8) is 0 Å². The minimum absolute atomic E-state index is 0.0951. The van der Waals surface area contributed by atoms with Crippen LogP contribution in [0.15, 0.2) is 48.5 Å². The number of hydrogen-bond acceptors (Lipinski definition) is 7. The lowest BCUT2D eigenvalue weighted by molar-refractivity contribution is -0.0501. The van der Waals surface area contributed by atoms with E-state index in [1.165, 1.54) is 20.8 Å². The van der Waals surface area contributed by atoms with Gasteiger partial charge >= 0.3 is 27.6 Å². The third-order valence-electron chi connectivity index (χ3n) is 3.53. The summed E-state index contributed by atoms with van der Waals surface area (Å²) in [4.78, 5) is 24.8. The van der Waals surface area contributed by atoms with Crippen molar-refractivity contribution < 1.29 is 44.8 Å². The van der Waals surface area contributed by atoms with Crippen LogP contribution in [0, 0.1) is 0 Å². The second-order valence-corrected chi connectivity index (χ2v) is 8.80. The summed E-state index contributed by atoms with van der Waals surface area (Å²) >= 11 is 0. The van der Waals surface area contributed by atoms with Gasteiger partial charge in [0.15, 0.2) is 5.75 Å². The normalized spacial score (nSPS) is 12.2. The Balaban J connectivity index is 2.36. The summed E-state index contributed by atoms with van der Waals surface area (Å²) < 4.78 is 75.1. The van der Waals surface area contributed by atoms with Crippen LogP contribution in [0.2, 0.25) is 0 Å². The molecule has 7 nitrogen and oxygen atoms in total. The fourth-order valence-corrected chi connectivity index (χ4v) is 2.67. The van der Waals surface area contributed by atoms with Gasteiger partial charge in [-0.1, -0.05) is 30.3 Å². The van der Waals surface area contributed by atoms with Crippen molar-refractivity contribution in [3.05, 3.63) is 65.2 Å². The van der Waals surface area contributed by atoms with Crippen molar-refractivity contribution in [2.24, 2.45) is 0 Å². The van der Waals surface area contributed by atoms with Crippen molar-refractivity contribution in [2.45, 2.75) is 38.5 Å². The Kier molecular flexibility index (Phi) is 6.99. The second kappa shape index (κ2) is 8.96. The molecule has 2 rings (SSSR count). The number of carbonyl (C=O) groups excluding carboxylic acids is 2. The largest absolute Gasteiger partial charge is 0.534 e. The first kappa shape index (κ1) is 24.2. The summed E-state index contributed by atoms with van der Waals surface area (Å²) in [6.45, 7) is 4.39. The maximum absolute atomic E-state index is 12.7. The van der Waals surface area contributed by atoms with Crippen molar-refractivity contribution in [2.75, 3.05) is 0 Å². The van der Waals surface area contributed by atoms with Gasteiger partial charge in [-0.3, -0.25) is 0 Å². The van der Waals surface area contributed by atoms with Crippen molar-refractivity contribution in [3.8, 4) is 5.75 Å². The van der Waals surface area contributed by atoms with Gasteiger partial charge in [0.05, 0.1) is 5.56 Å². The highest BCUT2D eigenvalue weighted by atomic mass is 32.2. The summed E-state index contributed by atoms with van der Waals surface area (Å²) in [7, 11) is -6.05. The predicted octanol–water partition coefficient (Wildman–Crippen LogP) is 4.23. The molecule has 168 valence electrons. The van der Waals surface area contributed by atoms with Gasteiger partial charge < -0.3 is 13.7 Å². The topological polar surface area (TPSA) is 96.0 Å². The lowest BCUT2D eigenvalue weighted by Crippen LogP contribution is -2.29. The van der Waals surface area contributed by atoms with Crippen LogP contribution in [0.5, 0.6) is 5.75 Å². The summed E-state index contributed by atoms with van der Waals surface area (Å²) in [5, 5.41) is 0. The number of carbonyl (C=O) groups is 2. The molecule has 0 aliphatic heterocycles. The van der Waals surface area contributed by atoms with Crippen LogP contribution in [0.1, 0.15) is 47.1 Å². The van der Waals surface area contributed by atoms with E-state index in [-0.39, 0.29) is 12.2 Å². The third kappa shape index (κ3) is 6.71. The number of rotatable bonds is 6. The van der Waals surface area contributed by atoms with Gasteiger partial charge in [0.2, 0.25) is 0 Å². The molecular formula is C20H19F3O7S. The molecule has 2 aromatic rings. The first-order chi connectivity index (χ1) is 14.2. The van der Waals surface area contributed by atoms with E-state index in [9.17, 15) is 31.2 Å². The zero-order chi connectivity index (χ0) is 23.4. The molecule has 0 amide bonds. The predicted molar refractivity (Wildman–Crippen MR) is 103 cm³/mol. The fraction of sp³-hybridized carbons (Fsp3) is 0.300. The van der Waals surface area contributed by atoms with Crippen LogP contribution >= 0.6 is 0 Å². The highest BCUT2D eigenvalue weighted by molar-refractivity contribution is 7.88. The molecule has 2 aromatic carbocycles. The monoisotopic (exact) mass is 460 g/mol. The molecule has 0 bridgehead atoms. The summed E-state index contributed by atoms with van der Waals surface area (Å²) in [5.74, 6) is -3.01. The Morgan fingerprint density at radius 3 is 2.10 bits per heavy atom. The van der Waals surface area contributed by atoms with Crippen LogP contribution in [-0.2, 0) is 26.2 Å². The molecule has 0 spiro atoms. The maximum atomic E-state index is 12.7. The number of ether oxygens (including phenoxy) is 2. The van der Waals surface area contributed by atoms with Gasteiger partial charge in [-0.2, -0.15) is 21.6 Å². The van der Waals surface area contributed by atoms with Crippen LogP contribution in [0.3, 0.4) is 0 Å². The van der Waals surface area contributed by atoms with Crippen LogP contribution in [0.25, 0.3) is 0 Å².